The minimum Gasteiger partial charge on any atom is -0.490 e. The second-order valence-electron chi connectivity index (χ2n) is 5.63. The molecular weight excluding hydrogens is 228 g/mol. The molecule has 1 aromatic carbocycles. The van der Waals surface area contributed by atoms with E-state index in [-0.39, 0.29) is 0 Å². The maximum atomic E-state index is 10.6. The third kappa shape index (κ3) is 2.46. The van der Waals surface area contributed by atoms with Gasteiger partial charge in [0.1, 0.15) is 0 Å². The summed E-state index contributed by atoms with van der Waals surface area (Å²) in [5, 5.41) is 10.6. The molecule has 0 saturated heterocycles. The smallest absolute Gasteiger partial charge is 0.161 e. The van der Waals surface area contributed by atoms with Gasteiger partial charge in [-0.2, -0.15) is 0 Å². The first-order valence-corrected chi connectivity index (χ1v) is 6.78. The zero-order valence-corrected chi connectivity index (χ0v) is 10.8. The summed E-state index contributed by atoms with van der Waals surface area (Å²) in [6.45, 7) is 3.27. The summed E-state index contributed by atoms with van der Waals surface area (Å²) in [7, 11) is 0. The molecule has 2 aliphatic rings. The lowest BCUT2D eigenvalue weighted by Gasteiger charge is -2.24. The Labute approximate surface area is 108 Å². The molecule has 1 aliphatic carbocycles. The highest BCUT2D eigenvalue weighted by Gasteiger charge is 2.33. The van der Waals surface area contributed by atoms with E-state index in [1.54, 1.807) is 0 Å². The quantitative estimate of drug-likeness (QED) is 0.894. The monoisotopic (exact) mass is 248 g/mol. The van der Waals surface area contributed by atoms with E-state index in [1.807, 2.05) is 25.1 Å². The number of aliphatic hydroxyl groups is 1. The Morgan fingerprint density at radius 2 is 1.94 bits per heavy atom. The Kier molecular flexibility index (Phi) is 2.94. The molecular formula is C15H20O3. The van der Waals surface area contributed by atoms with Crippen LogP contribution >= 0.6 is 0 Å². The van der Waals surface area contributed by atoms with Crippen molar-refractivity contribution in [1.82, 2.24) is 0 Å². The first-order valence-electron chi connectivity index (χ1n) is 6.78. The van der Waals surface area contributed by atoms with Crippen LogP contribution in [0.25, 0.3) is 0 Å². The Hall–Kier alpha value is -1.22. The molecule has 1 unspecified atom stereocenters. The fourth-order valence-electron chi connectivity index (χ4n) is 2.50. The van der Waals surface area contributed by atoms with Crippen molar-refractivity contribution >= 4 is 0 Å². The molecule has 1 atom stereocenters. The van der Waals surface area contributed by atoms with Crippen molar-refractivity contribution in [2.24, 2.45) is 5.92 Å². The zero-order chi connectivity index (χ0) is 12.6. The van der Waals surface area contributed by atoms with Crippen LogP contribution in [-0.4, -0.2) is 18.3 Å². The standard InChI is InChI=1S/C15H20O3/c1-15(16,10-11-3-4-11)12-5-6-13-14(9-12)18-8-2-7-17-13/h5-6,9,11,16H,2-4,7-8,10H2,1H3. The summed E-state index contributed by atoms with van der Waals surface area (Å²) in [6, 6.07) is 5.80. The number of ether oxygens (including phenoxy) is 2. The summed E-state index contributed by atoms with van der Waals surface area (Å²) >= 11 is 0. The molecule has 0 aromatic heterocycles. The second-order valence-corrected chi connectivity index (χ2v) is 5.63. The minimum atomic E-state index is -0.758. The molecule has 0 radical (unpaired) electrons. The Morgan fingerprint density at radius 3 is 2.67 bits per heavy atom. The highest BCUT2D eigenvalue weighted by atomic mass is 16.5. The van der Waals surface area contributed by atoms with Crippen LogP contribution in [0.3, 0.4) is 0 Å². The Bertz CT molecular complexity index is 435. The van der Waals surface area contributed by atoms with E-state index in [1.165, 1.54) is 12.8 Å². The predicted molar refractivity (Wildman–Crippen MR) is 69.0 cm³/mol. The molecule has 3 nitrogen and oxygen atoms in total. The summed E-state index contributed by atoms with van der Waals surface area (Å²) in [5.41, 5.74) is 0.171. The third-order valence-electron chi connectivity index (χ3n) is 3.75. The van der Waals surface area contributed by atoms with Gasteiger partial charge in [-0.15, -0.1) is 0 Å². The van der Waals surface area contributed by atoms with E-state index in [9.17, 15) is 5.11 Å². The molecule has 1 aliphatic heterocycles. The van der Waals surface area contributed by atoms with Gasteiger partial charge in [-0.1, -0.05) is 18.9 Å². The predicted octanol–water partition coefficient (Wildman–Crippen LogP) is 2.86. The molecule has 3 heteroatoms. The molecule has 98 valence electrons. The van der Waals surface area contributed by atoms with Gasteiger partial charge < -0.3 is 14.6 Å². The van der Waals surface area contributed by atoms with Crippen LogP contribution in [0.2, 0.25) is 0 Å². The van der Waals surface area contributed by atoms with Gasteiger partial charge in [0.25, 0.3) is 0 Å². The number of hydrogen-bond acceptors (Lipinski definition) is 3. The maximum Gasteiger partial charge on any atom is 0.161 e. The van der Waals surface area contributed by atoms with Crippen LogP contribution in [0.5, 0.6) is 11.5 Å². The van der Waals surface area contributed by atoms with Gasteiger partial charge in [0.15, 0.2) is 11.5 Å². The van der Waals surface area contributed by atoms with Crippen molar-refractivity contribution in [2.45, 2.75) is 38.2 Å². The first kappa shape index (κ1) is 11.8. The summed E-state index contributed by atoms with van der Waals surface area (Å²) in [6.07, 6.45) is 4.25. The fourth-order valence-corrected chi connectivity index (χ4v) is 2.50. The van der Waals surface area contributed by atoms with Crippen molar-refractivity contribution in [1.29, 1.82) is 0 Å². The molecule has 0 bridgehead atoms. The van der Waals surface area contributed by atoms with Gasteiger partial charge in [-0.25, -0.2) is 0 Å². The lowest BCUT2D eigenvalue weighted by molar-refractivity contribution is 0.0414. The topological polar surface area (TPSA) is 38.7 Å². The van der Waals surface area contributed by atoms with Crippen molar-refractivity contribution in [3.63, 3.8) is 0 Å². The molecule has 0 amide bonds. The number of benzene rings is 1. The fraction of sp³-hybridized carbons (Fsp3) is 0.600. The number of hydrogen-bond donors (Lipinski definition) is 1. The molecule has 0 spiro atoms. The highest BCUT2D eigenvalue weighted by Crippen LogP contribution is 2.42. The van der Waals surface area contributed by atoms with Crippen LogP contribution in [0.4, 0.5) is 0 Å². The van der Waals surface area contributed by atoms with Crippen LogP contribution in [0.1, 0.15) is 38.2 Å². The lowest BCUT2D eigenvalue weighted by atomic mass is 9.90. The SMILES string of the molecule is CC(O)(CC1CC1)c1ccc2c(c1)OCCCO2. The van der Waals surface area contributed by atoms with Gasteiger partial charge in [-0.3, -0.25) is 0 Å². The van der Waals surface area contributed by atoms with Gasteiger partial charge in [0, 0.05) is 6.42 Å². The first-order chi connectivity index (χ1) is 8.65. The normalized spacial score (nSPS) is 22.1. The lowest BCUT2D eigenvalue weighted by Crippen LogP contribution is -2.21. The Morgan fingerprint density at radius 1 is 1.22 bits per heavy atom. The van der Waals surface area contributed by atoms with E-state index in [0.717, 1.165) is 29.9 Å². The molecule has 18 heavy (non-hydrogen) atoms. The van der Waals surface area contributed by atoms with Crippen molar-refractivity contribution < 1.29 is 14.6 Å². The molecule has 1 fully saturated rings. The number of rotatable bonds is 3. The van der Waals surface area contributed by atoms with Gasteiger partial charge >= 0.3 is 0 Å². The van der Waals surface area contributed by atoms with Crippen LogP contribution < -0.4 is 9.47 Å². The van der Waals surface area contributed by atoms with Crippen LogP contribution in [0.15, 0.2) is 18.2 Å². The average Bonchev–Trinajstić information content (AvgIpc) is 3.13. The second kappa shape index (κ2) is 4.47. The molecule has 3 rings (SSSR count). The van der Waals surface area contributed by atoms with E-state index in [0.29, 0.717) is 19.1 Å². The van der Waals surface area contributed by atoms with Crippen molar-refractivity contribution in [3.05, 3.63) is 23.8 Å². The van der Waals surface area contributed by atoms with Crippen LogP contribution in [0, 0.1) is 5.92 Å². The maximum absolute atomic E-state index is 10.6. The van der Waals surface area contributed by atoms with E-state index < -0.39 is 5.60 Å². The number of fused-ring (bicyclic) bond motifs is 1. The summed E-state index contributed by atoms with van der Waals surface area (Å²) in [4.78, 5) is 0. The van der Waals surface area contributed by atoms with Gasteiger partial charge in [-0.05, 0) is 37.0 Å². The molecule has 1 heterocycles. The summed E-state index contributed by atoms with van der Waals surface area (Å²) < 4.78 is 11.3. The van der Waals surface area contributed by atoms with E-state index in [2.05, 4.69) is 0 Å². The molecule has 1 saturated carbocycles. The van der Waals surface area contributed by atoms with Crippen molar-refractivity contribution in [2.75, 3.05) is 13.2 Å². The average molecular weight is 248 g/mol. The van der Waals surface area contributed by atoms with E-state index in [4.69, 9.17) is 9.47 Å². The van der Waals surface area contributed by atoms with E-state index >= 15 is 0 Å². The third-order valence-corrected chi connectivity index (χ3v) is 3.75. The van der Waals surface area contributed by atoms with Crippen LogP contribution in [-0.2, 0) is 5.60 Å². The highest BCUT2D eigenvalue weighted by molar-refractivity contribution is 5.45. The van der Waals surface area contributed by atoms with Gasteiger partial charge in [0.05, 0.1) is 18.8 Å². The van der Waals surface area contributed by atoms with Gasteiger partial charge in [0.2, 0.25) is 0 Å². The van der Waals surface area contributed by atoms with Crippen molar-refractivity contribution in [3.8, 4) is 11.5 Å². The Balaban J connectivity index is 1.85. The largest absolute Gasteiger partial charge is 0.490 e. The molecule has 1 aromatic rings. The zero-order valence-electron chi connectivity index (χ0n) is 10.8. The summed E-state index contributed by atoms with van der Waals surface area (Å²) in [5.74, 6) is 2.25. The minimum absolute atomic E-state index is 0.682. The molecule has 1 N–H and O–H groups in total.